The number of piperazine rings is 1. The van der Waals surface area contributed by atoms with Crippen LogP contribution in [0.3, 0.4) is 0 Å². The molecule has 6 nitrogen and oxygen atoms in total. The molecule has 0 saturated carbocycles. The van der Waals surface area contributed by atoms with Gasteiger partial charge in [0.25, 0.3) is 5.91 Å². The molecule has 1 amide bonds. The first kappa shape index (κ1) is 12.8. The predicted molar refractivity (Wildman–Crippen MR) is 70.0 cm³/mol. The first-order valence-corrected chi connectivity index (χ1v) is 6.04. The predicted octanol–water partition coefficient (Wildman–Crippen LogP) is 0.143. The Bertz CT molecular complexity index is 436. The van der Waals surface area contributed by atoms with Crippen molar-refractivity contribution < 1.29 is 4.79 Å². The number of carbonyl (C=O) groups excluding carboxylic acids is 1. The second kappa shape index (κ2) is 5.32. The van der Waals surface area contributed by atoms with Gasteiger partial charge in [-0.3, -0.25) is 4.79 Å². The summed E-state index contributed by atoms with van der Waals surface area (Å²) in [7, 11) is 2.07. The topological polar surface area (TPSA) is 74.5 Å². The normalized spacial score (nSPS) is 20.8. The molecule has 0 aliphatic carbocycles. The zero-order valence-electron chi connectivity index (χ0n) is 10.8. The van der Waals surface area contributed by atoms with Crippen LogP contribution in [0, 0.1) is 0 Å². The van der Waals surface area contributed by atoms with Crippen LogP contribution >= 0.6 is 0 Å². The number of aromatic nitrogens is 1. The Labute approximate surface area is 107 Å². The van der Waals surface area contributed by atoms with Crippen LogP contribution in [0.25, 0.3) is 0 Å². The van der Waals surface area contributed by atoms with Crippen LogP contribution in [0.15, 0.2) is 18.3 Å². The number of nitrogens with zero attached hydrogens (tertiary/aromatic N) is 3. The van der Waals surface area contributed by atoms with Crippen molar-refractivity contribution in [2.45, 2.75) is 13.0 Å². The minimum absolute atomic E-state index is 0.0366. The Morgan fingerprint density at radius 1 is 1.56 bits per heavy atom. The van der Waals surface area contributed by atoms with E-state index in [0.29, 0.717) is 11.4 Å². The lowest BCUT2D eigenvalue weighted by atomic mass is 10.1. The summed E-state index contributed by atoms with van der Waals surface area (Å²) in [5.41, 5.74) is 3.07. The van der Waals surface area contributed by atoms with Gasteiger partial charge in [-0.1, -0.05) is 0 Å². The van der Waals surface area contributed by atoms with Gasteiger partial charge < -0.3 is 15.2 Å². The molecule has 1 fully saturated rings. The van der Waals surface area contributed by atoms with Crippen molar-refractivity contribution in [1.82, 2.24) is 14.8 Å². The molecule has 98 valence electrons. The zero-order chi connectivity index (χ0) is 13.1. The van der Waals surface area contributed by atoms with E-state index in [0.717, 1.165) is 19.6 Å². The number of likely N-dealkylation sites (N-methyl/N-ethyl adjacent to an activating group) is 1. The Morgan fingerprint density at radius 3 is 3.00 bits per heavy atom. The molecule has 2 heterocycles. The van der Waals surface area contributed by atoms with Crippen molar-refractivity contribution in [1.29, 1.82) is 0 Å². The van der Waals surface area contributed by atoms with Crippen LogP contribution in [-0.4, -0.2) is 53.4 Å². The monoisotopic (exact) mass is 249 g/mol. The molecule has 0 radical (unpaired) electrons. The first-order chi connectivity index (χ1) is 8.61. The highest BCUT2D eigenvalue weighted by atomic mass is 16.2. The zero-order valence-corrected chi connectivity index (χ0v) is 10.8. The van der Waals surface area contributed by atoms with E-state index < -0.39 is 0 Å². The summed E-state index contributed by atoms with van der Waals surface area (Å²) in [6.45, 7) is 4.63. The third kappa shape index (κ3) is 2.60. The van der Waals surface area contributed by atoms with Crippen molar-refractivity contribution in [3.63, 3.8) is 0 Å². The van der Waals surface area contributed by atoms with E-state index in [4.69, 9.17) is 5.84 Å². The lowest BCUT2D eigenvalue weighted by Gasteiger charge is -2.38. The third-order valence-corrected chi connectivity index (χ3v) is 3.25. The summed E-state index contributed by atoms with van der Waals surface area (Å²) in [5.74, 6) is 5.84. The molecule has 1 aromatic heterocycles. The summed E-state index contributed by atoms with van der Waals surface area (Å²) in [6, 6.07) is 3.61. The second-order valence-corrected chi connectivity index (χ2v) is 4.68. The molecule has 1 aliphatic rings. The average Bonchev–Trinajstić information content (AvgIpc) is 2.38. The number of anilines is 1. The standard InChI is InChI=1S/C12H19N5O/c1-9-8-16(2)5-6-17(9)12(18)10-3-4-14-11(7-10)15-13/h3-4,7,9H,5-6,8,13H2,1-2H3,(H,14,15). The third-order valence-electron chi connectivity index (χ3n) is 3.25. The van der Waals surface area contributed by atoms with E-state index in [9.17, 15) is 4.79 Å². The summed E-state index contributed by atoms with van der Waals surface area (Å²) in [4.78, 5) is 20.5. The van der Waals surface area contributed by atoms with Crippen LogP contribution in [0.5, 0.6) is 0 Å². The number of hydrazine groups is 1. The number of carbonyl (C=O) groups is 1. The molecule has 1 saturated heterocycles. The van der Waals surface area contributed by atoms with E-state index >= 15 is 0 Å². The maximum Gasteiger partial charge on any atom is 0.254 e. The maximum atomic E-state index is 12.4. The van der Waals surface area contributed by atoms with Crippen LogP contribution in [0.4, 0.5) is 5.82 Å². The number of rotatable bonds is 2. The van der Waals surface area contributed by atoms with Crippen LogP contribution in [-0.2, 0) is 0 Å². The first-order valence-electron chi connectivity index (χ1n) is 6.04. The highest BCUT2D eigenvalue weighted by Crippen LogP contribution is 2.14. The van der Waals surface area contributed by atoms with Gasteiger partial charge in [0.1, 0.15) is 5.82 Å². The van der Waals surface area contributed by atoms with Crippen molar-refractivity contribution in [3.8, 4) is 0 Å². The number of pyridine rings is 1. The van der Waals surface area contributed by atoms with Gasteiger partial charge in [0.15, 0.2) is 0 Å². The molecule has 1 unspecified atom stereocenters. The fourth-order valence-electron chi connectivity index (χ4n) is 2.25. The fraction of sp³-hybridized carbons (Fsp3) is 0.500. The van der Waals surface area contributed by atoms with Gasteiger partial charge in [-0.2, -0.15) is 0 Å². The average molecular weight is 249 g/mol. The van der Waals surface area contributed by atoms with Gasteiger partial charge in [-0.05, 0) is 26.1 Å². The number of nitrogen functional groups attached to an aromatic ring is 1. The van der Waals surface area contributed by atoms with E-state index in [1.807, 2.05) is 4.90 Å². The van der Waals surface area contributed by atoms with Crippen LogP contribution in [0.2, 0.25) is 0 Å². The minimum Gasteiger partial charge on any atom is -0.333 e. The van der Waals surface area contributed by atoms with Crippen molar-refractivity contribution in [2.24, 2.45) is 5.84 Å². The second-order valence-electron chi connectivity index (χ2n) is 4.68. The Hall–Kier alpha value is -1.66. The molecule has 0 bridgehead atoms. The van der Waals surface area contributed by atoms with Gasteiger partial charge in [0.2, 0.25) is 0 Å². The van der Waals surface area contributed by atoms with Crippen LogP contribution < -0.4 is 11.3 Å². The Kier molecular flexibility index (Phi) is 3.78. The lowest BCUT2D eigenvalue weighted by Crippen LogP contribution is -2.52. The van der Waals surface area contributed by atoms with Gasteiger partial charge in [0.05, 0.1) is 0 Å². The molecule has 0 spiro atoms. The molecule has 3 N–H and O–H groups in total. The fourth-order valence-corrected chi connectivity index (χ4v) is 2.25. The van der Waals surface area contributed by atoms with Crippen LogP contribution in [0.1, 0.15) is 17.3 Å². The summed E-state index contributed by atoms with van der Waals surface area (Å²) >= 11 is 0. The van der Waals surface area contributed by atoms with E-state index in [-0.39, 0.29) is 11.9 Å². The number of amides is 1. The van der Waals surface area contributed by atoms with E-state index in [1.54, 1.807) is 18.3 Å². The summed E-state index contributed by atoms with van der Waals surface area (Å²) in [6.07, 6.45) is 1.59. The molecule has 0 aromatic carbocycles. The lowest BCUT2D eigenvalue weighted by molar-refractivity contribution is 0.0533. The molecule has 1 aliphatic heterocycles. The molecule has 18 heavy (non-hydrogen) atoms. The number of nitrogens with one attached hydrogen (secondary N) is 1. The van der Waals surface area contributed by atoms with E-state index in [1.165, 1.54) is 0 Å². The highest BCUT2D eigenvalue weighted by molar-refractivity contribution is 5.95. The molecule has 1 aromatic rings. The molecule has 1 atom stereocenters. The highest BCUT2D eigenvalue weighted by Gasteiger charge is 2.26. The van der Waals surface area contributed by atoms with Gasteiger partial charge in [-0.15, -0.1) is 0 Å². The molecular formula is C12H19N5O. The van der Waals surface area contributed by atoms with E-state index in [2.05, 4.69) is 29.3 Å². The van der Waals surface area contributed by atoms with Crippen molar-refractivity contribution in [2.75, 3.05) is 32.1 Å². The minimum atomic E-state index is 0.0366. The summed E-state index contributed by atoms with van der Waals surface area (Å²) in [5, 5.41) is 0. The Balaban J connectivity index is 2.15. The quantitative estimate of drug-likeness (QED) is 0.576. The maximum absolute atomic E-state index is 12.4. The van der Waals surface area contributed by atoms with Gasteiger partial charge in [0, 0.05) is 37.4 Å². The largest absolute Gasteiger partial charge is 0.333 e. The number of nitrogens with two attached hydrogens (primary N) is 1. The smallest absolute Gasteiger partial charge is 0.254 e. The number of hydrogen-bond acceptors (Lipinski definition) is 5. The number of hydrogen-bond donors (Lipinski definition) is 2. The molecule has 6 heteroatoms. The van der Waals surface area contributed by atoms with Crippen molar-refractivity contribution >= 4 is 11.7 Å². The molecule has 2 rings (SSSR count). The SMILES string of the molecule is CC1CN(C)CCN1C(=O)c1ccnc(NN)c1. The van der Waals surface area contributed by atoms with Gasteiger partial charge >= 0.3 is 0 Å². The molecular weight excluding hydrogens is 230 g/mol. The summed E-state index contributed by atoms with van der Waals surface area (Å²) < 4.78 is 0. The Morgan fingerprint density at radius 2 is 2.33 bits per heavy atom. The van der Waals surface area contributed by atoms with Gasteiger partial charge in [-0.25, -0.2) is 10.8 Å². The van der Waals surface area contributed by atoms with Crippen molar-refractivity contribution in [3.05, 3.63) is 23.9 Å².